The highest BCUT2D eigenvalue weighted by Crippen LogP contribution is 2.30. The highest BCUT2D eigenvalue weighted by atomic mass is 32.3. The summed E-state index contributed by atoms with van der Waals surface area (Å²) in [6.45, 7) is 0.334. The van der Waals surface area contributed by atoms with Crippen LogP contribution in [0.25, 0.3) is 0 Å². The number of anilines is 1. The Morgan fingerprint density at radius 1 is 1.33 bits per heavy atom. The van der Waals surface area contributed by atoms with Gasteiger partial charge in [0, 0.05) is 30.1 Å². The van der Waals surface area contributed by atoms with E-state index in [-0.39, 0.29) is 25.5 Å². The van der Waals surface area contributed by atoms with Gasteiger partial charge in [-0.15, -0.1) is 3.89 Å². The van der Waals surface area contributed by atoms with Crippen LogP contribution in [0.1, 0.15) is 22.3 Å². The molecule has 8 heteroatoms. The Hall–Kier alpha value is -1.96. The molecule has 2 aliphatic heterocycles. The molecule has 1 unspecified atom stereocenters. The number of benzene rings is 1. The summed E-state index contributed by atoms with van der Waals surface area (Å²) in [6.07, 6.45) is -0.0231. The Balaban J connectivity index is 1.83. The van der Waals surface area contributed by atoms with Gasteiger partial charge >= 0.3 is 16.2 Å². The number of carbonyl (C=O) groups excluding carboxylic acids is 2. The molecule has 0 bridgehead atoms. The SMILES string of the molecule is O=C1OCc2ccc(N3CC(CS(=O)(=O)F)CC3=O)cc21. The average molecular weight is 313 g/mol. The predicted octanol–water partition coefficient (Wildman–Crippen LogP) is 1.01. The first-order valence-corrected chi connectivity index (χ1v) is 7.91. The van der Waals surface area contributed by atoms with E-state index in [4.69, 9.17) is 4.74 Å². The number of carbonyl (C=O) groups is 2. The molecule has 0 radical (unpaired) electrons. The molecule has 1 aromatic rings. The molecular formula is C13H12FNO5S. The fourth-order valence-corrected chi connectivity index (χ4v) is 3.48. The molecule has 2 heterocycles. The van der Waals surface area contributed by atoms with Crippen molar-refractivity contribution in [2.24, 2.45) is 5.92 Å². The van der Waals surface area contributed by atoms with Crippen LogP contribution in [-0.2, 0) is 26.4 Å². The van der Waals surface area contributed by atoms with E-state index in [0.29, 0.717) is 11.3 Å². The van der Waals surface area contributed by atoms with Crippen LogP contribution in [-0.4, -0.2) is 32.6 Å². The molecule has 0 saturated carbocycles. The maximum atomic E-state index is 12.7. The van der Waals surface area contributed by atoms with Gasteiger partial charge in [-0.05, 0) is 12.1 Å². The highest BCUT2D eigenvalue weighted by Gasteiger charge is 2.34. The van der Waals surface area contributed by atoms with Crippen molar-refractivity contribution in [3.63, 3.8) is 0 Å². The number of halogens is 1. The molecule has 3 rings (SSSR count). The molecular weight excluding hydrogens is 301 g/mol. The summed E-state index contributed by atoms with van der Waals surface area (Å²) in [7, 11) is -4.61. The number of esters is 1. The average Bonchev–Trinajstić information content (AvgIpc) is 2.91. The Morgan fingerprint density at radius 3 is 2.81 bits per heavy atom. The fourth-order valence-electron chi connectivity index (χ4n) is 2.69. The van der Waals surface area contributed by atoms with E-state index < -0.39 is 27.9 Å². The molecule has 1 aromatic carbocycles. The lowest BCUT2D eigenvalue weighted by Crippen LogP contribution is -2.25. The summed E-state index contributed by atoms with van der Waals surface area (Å²) in [5.41, 5.74) is 1.65. The van der Waals surface area contributed by atoms with Crippen LogP contribution < -0.4 is 4.90 Å². The van der Waals surface area contributed by atoms with Crippen LogP contribution in [0.5, 0.6) is 0 Å². The standard InChI is InChI=1S/C13H12FNO5S/c14-21(18,19)7-8-3-12(16)15(5-8)10-2-1-9-6-20-13(17)11(9)4-10/h1-2,4,8H,3,5-7H2. The number of cyclic esters (lactones) is 1. The van der Waals surface area contributed by atoms with Crippen molar-refractivity contribution in [2.75, 3.05) is 17.2 Å². The van der Waals surface area contributed by atoms with E-state index in [9.17, 15) is 21.9 Å². The number of ether oxygens (including phenoxy) is 1. The molecule has 2 aliphatic rings. The lowest BCUT2D eigenvalue weighted by atomic mass is 10.1. The quantitative estimate of drug-likeness (QED) is 0.614. The molecule has 0 aliphatic carbocycles. The molecule has 0 aromatic heterocycles. The Kier molecular flexibility index (Phi) is 3.20. The number of nitrogens with zero attached hydrogens (tertiary/aromatic N) is 1. The molecule has 1 fully saturated rings. The number of fused-ring (bicyclic) bond motifs is 1. The van der Waals surface area contributed by atoms with Crippen molar-refractivity contribution in [3.8, 4) is 0 Å². The van der Waals surface area contributed by atoms with Crippen molar-refractivity contribution >= 4 is 27.8 Å². The van der Waals surface area contributed by atoms with Gasteiger partial charge in [0.1, 0.15) is 6.61 Å². The van der Waals surface area contributed by atoms with Gasteiger partial charge in [-0.1, -0.05) is 6.07 Å². The van der Waals surface area contributed by atoms with Gasteiger partial charge in [0.2, 0.25) is 5.91 Å². The third-order valence-electron chi connectivity index (χ3n) is 3.62. The normalized spacial score (nSPS) is 21.6. The van der Waals surface area contributed by atoms with E-state index in [1.54, 1.807) is 18.2 Å². The van der Waals surface area contributed by atoms with Crippen LogP contribution in [0, 0.1) is 5.92 Å². The zero-order chi connectivity index (χ0) is 15.2. The lowest BCUT2D eigenvalue weighted by Gasteiger charge is -2.17. The summed E-state index contributed by atoms with van der Waals surface area (Å²) in [6, 6.07) is 4.92. The van der Waals surface area contributed by atoms with Gasteiger partial charge in [-0.3, -0.25) is 4.79 Å². The summed E-state index contributed by atoms with van der Waals surface area (Å²) in [5.74, 6) is -1.97. The molecule has 6 nitrogen and oxygen atoms in total. The molecule has 0 spiro atoms. The molecule has 0 N–H and O–H groups in total. The fraction of sp³-hybridized carbons (Fsp3) is 0.385. The second kappa shape index (κ2) is 4.80. The van der Waals surface area contributed by atoms with Crippen LogP contribution in [0.4, 0.5) is 9.57 Å². The Morgan fingerprint density at radius 2 is 2.10 bits per heavy atom. The minimum atomic E-state index is -4.61. The molecule has 112 valence electrons. The largest absolute Gasteiger partial charge is 0.457 e. The maximum Gasteiger partial charge on any atom is 0.338 e. The van der Waals surface area contributed by atoms with Crippen molar-refractivity contribution in [1.29, 1.82) is 0 Å². The summed E-state index contributed by atoms with van der Waals surface area (Å²) in [5, 5.41) is 0. The number of rotatable bonds is 3. The number of hydrogen-bond acceptors (Lipinski definition) is 5. The summed E-state index contributed by atoms with van der Waals surface area (Å²) < 4.78 is 38.9. The van der Waals surface area contributed by atoms with E-state index in [0.717, 1.165) is 5.56 Å². The molecule has 1 atom stereocenters. The third-order valence-corrected chi connectivity index (χ3v) is 4.49. The van der Waals surface area contributed by atoms with E-state index >= 15 is 0 Å². The van der Waals surface area contributed by atoms with Crippen molar-refractivity contribution in [1.82, 2.24) is 0 Å². The van der Waals surface area contributed by atoms with E-state index in [1.807, 2.05) is 0 Å². The first-order chi connectivity index (χ1) is 9.83. The van der Waals surface area contributed by atoms with Gasteiger partial charge in [0.25, 0.3) is 0 Å². The first-order valence-electron chi connectivity index (χ1n) is 6.36. The molecule has 21 heavy (non-hydrogen) atoms. The Labute approximate surface area is 120 Å². The van der Waals surface area contributed by atoms with Crippen LogP contribution in [0.3, 0.4) is 0 Å². The topological polar surface area (TPSA) is 80.8 Å². The second-order valence-corrected chi connectivity index (χ2v) is 6.61. The van der Waals surface area contributed by atoms with Crippen molar-refractivity contribution < 1.29 is 26.6 Å². The highest BCUT2D eigenvalue weighted by molar-refractivity contribution is 7.86. The smallest absolute Gasteiger partial charge is 0.338 e. The van der Waals surface area contributed by atoms with Crippen LogP contribution in [0.2, 0.25) is 0 Å². The maximum absolute atomic E-state index is 12.7. The summed E-state index contributed by atoms with van der Waals surface area (Å²) in [4.78, 5) is 24.8. The van der Waals surface area contributed by atoms with Gasteiger partial charge in [0.05, 0.1) is 11.3 Å². The van der Waals surface area contributed by atoms with Crippen LogP contribution >= 0.6 is 0 Å². The van der Waals surface area contributed by atoms with E-state index in [1.165, 1.54) is 4.90 Å². The Bertz CT molecular complexity index is 730. The van der Waals surface area contributed by atoms with Crippen LogP contribution in [0.15, 0.2) is 18.2 Å². The van der Waals surface area contributed by atoms with Gasteiger partial charge < -0.3 is 9.64 Å². The first kappa shape index (κ1) is 14.0. The minimum absolute atomic E-state index is 0.0231. The van der Waals surface area contributed by atoms with Crippen molar-refractivity contribution in [3.05, 3.63) is 29.3 Å². The zero-order valence-electron chi connectivity index (χ0n) is 10.9. The second-order valence-electron chi connectivity index (χ2n) is 5.20. The molecule has 1 amide bonds. The lowest BCUT2D eigenvalue weighted by molar-refractivity contribution is -0.117. The van der Waals surface area contributed by atoms with Gasteiger partial charge in [-0.2, -0.15) is 8.42 Å². The zero-order valence-corrected chi connectivity index (χ0v) is 11.7. The van der Waals surface area contributed by atoms with E-state index in [2.05, 4.69) is 0 Å². The van der Waals surface area contributed by atoms with Gasteiger partial charge in [0.15, 0.2) is 0 Å². The van der Waals surface area contributed by atoms with Crippen molar-refractivity contribution in [2.45, 2.75) is 13.0 Å². The monoisotopic (exact) mass is 313 g/mol. The predicted molar refractivity (Wildman–Crippen MR) is 70.9 cm³/mol. The third kappa shape index (κ3) is 2.76. The summed E-state index contributed by atoms with van der Waals surface area (Å²) >= 11 is 0. The number of amides is 1. The van der Waals surface area contributed by atoms with Gasteiger partial charge in [-0.25, -0.2) is 4.79 Å². The number of hydrogen-bond donors (Lipinski definition) is 0. The molecule has 1 saturated heterocycles. The minimum Gasteiger partial charge on any atom is -0.457 e.